The highest BCUT2D eigenvalue weighted by Crippen LogP contribution is 2.48. The molecule has 1 aromatic carbocycles. The highest BCUT2D eigenvalue weighted by molar-refractivity contribution is 5.93. The molecular weight excluding hydrogens is 296 g/mol. The molecule has 0 aliphatic heterocycles. The predicted octanol–water partition coefficient (Wildman–Crippen LogP) is 1.55. The molecule has 0 radical (unpaired) electrons. The summed E-state index contributed by atoms with van der Waals surface area (Å²) in [6, 6.07) is 6.34. The van der Waals surface area contributed by atoms with Gasteiger partial charge in [-0.15, -0.1) is 0 Å². The van der Waals surface area contributed by atoms with Gasteiger partial charge < -0.3 is 4.74 Å². The maximum atomic E-state index is 12.1. The number of rotatable bonds is 5. The number of aryl methyl sites for hydroxylation is 1. The van der Waals surface area contributed by atoms with Gasteiger partial charge in [0.2, 0.25) is 11.9 Å². The van der Waals surface area contributed by atoms with Crippen molar-refractivity contribution < 1.29 is 18.3 Å². The van der Waals surface area contributed by atoms with E-state index in [4.69, 9.17) is 0 Å². The summed E-state index contributed by atoms with van der Waals surface area (Å²) in [5.74, 6) is 0.137. The van der Waals surface area contributed by atoms with Crippen LogP contribution in [0.1, 0.15) is 17.9 Å². The van der Waals surface area contributed by atoms with E-state index in [1.54, 1.807) is 19.2 Å². The van der Waals surface area contributed by atoms with Crippen molar-refractivity contribution in [2.24, 2.45) is 13.0 Å². The molecule has 1 aliphatic carbocycles. The van der Waals surface area contributed by atoms with Gasteiger partial charge in [-0.1, -0.05) is 17.2 Å². The van der Waals surface area contributed by atoms with Crippen LogP contribution in [-0.4, -0.2) is 32.7 Å². The number of halogens is 2. The summed E-state index contributed by atoms with van der Waals surface area (Å²) in [5.41, 5.74) is 0.915. The van der Waals surface area contributed by atoms with Gasteiger partial charge in [-0.2, -0.15) is 8.78 Å². The Morgan fingerprint density at radius 3 is 2.73 bits per heavy atom. The minimum atomic E-state index is -2.84. The summed E-state index contributed by atoms with van der Waals surface area (Å²) in [5, 5.41) is 13.4. The van der Waals surface area contributed by atoms with Crippen molar-refractivity contribution in [2.45, 2.75) is 19.0 Å². The minimum Gasteiger partial charge on any atom is -0.435 e. The van der Waals surface area contributed by atoms with Gasteiger partial charge in [0.05, 0.1) is 0 Å². The lowest BCUT2D eigenvalue weighted by molar-refractivity contribution is -0.117. The third-order valence-corrected chi connectivity index (χ3v) is 3.52. The number of ether oxygens (including phenoxy) is 1. The first kappa shape index (κ1) is 14.4. The number of hydrogen-bond donors (Lipinski definition) is 1. The van der Waals surface area contributed by atoms with Crippen molar-refractivity contribution in [3.05, 3.63) is 29.8 Å². The molecule has 2 atom stereocenters. The van der Waals surface area contributed by atoms with Crippen molar-refractivity contribution in [1.82, 2.24) is 20.2 Å². The van der Waals surface area contributed by atoms with E-state index in [-0.39, 0.29) is 29.4 Å². The Kier molecular flexibility index (Phi) is 3.70. The number of nitrogens with one attached hydrogen (secondary N) is 1. The topological polar surface area (TPSA) is 81.9 Å². The Bertz CT molecular complexity index is 673. The van der Waals surface area contributed by atoms with Crippen molar-refractivity contribution in [3.63, 3.8) is 0 Å². The maximum Gasteiger partial charge on any atom is 0.387 e. The summed E-state index contributed by atoms with van der Waals surface area (Å²) < 4.78 is 29.8. The fourth-order valence-corrected chi connectivity index (χ4v) is 2.29. The lowest BCUT2D eigenvalue weighted by Crippen LogP contribution is -2.17. The molecule has 22 heavy (non-hydrogen) atoms. The fraction of sp³-hybridized carbons (Fsp3) is 0.385. The quantitative estimate of drug-likeness (QED) is 0.906. The van der Waals surface area contributed by atoms with E-state index in [0.29, 0.717) is 6.42 Å². The number of alkyl halides is 2. The number of amides is 1. The van der Waals surface area contributed by atoms with E-state index in [1.807, 2.05) is 0 Å². The molecule has 9 heteroatoms. The van der Waals surface area contributed by atoms with Crippen LogP contribution in [-0.2, 0) is 11.8 Å². The summed E-state index contributed by atoms with van der Waals surface area (Å²) >= 11 is 0. The van der Waals surface area contributed by atoms with Crippen LogP contribution in [0.15, 0.2) is 24.3 Å². The fourth-order valence-electron chi connectivity index (χ4n) is 2.29. The number of nitrogens with zero attached hydrogens (tertiary/aromatic N) is 4. The standard InChI is InChI=1S/C13H13F2N5O2/c1-20-13(17-18-19-20)16-11(21)10-6-9(10)7-2-4-8(5-3-7)22-12(14)15/h2-5,9-10,12H,6H2,1H3,(H,16,17,19,21)/t9-,10+/m0/s1. The summed E-state index contributed by atoms with van der Waals surface area (Å²) in [6.45, 7) is -2.84. The average Bonchev–Trinajstić information content (AvgIpc) is 3.18. The van der Waals surface area contributed by atoms with Gasteiger partial charge in [0.1, 0.15) is 5.75 Å². The highest BCUT2D eigenvalue weighted by Gasteiger charge is 2.44. The van der Waals surface area contributed by atoms with Crippen LogP contribution in [0, 0.1) is 5.92 Å². The van der Waals surface area contributed by atoms with Gasteiger partial charge in [0.15, 0.2) is 0 Å². The first-order valence-corrected chi connectivity index (χ1v) is 6.62. The van der Waals surface area contributed by atoms with Crippen LogP contribution < -0.4 is 10.1 Å². The highest BCUT2D eigenvalue weighted by atomic mass is 19.3. The van der Waals surface area contributed by atoms with Crippen LogP contribution in [0.25, 0.3) is 0 Å². The number of tetrazole rings is 1. The third-order valence-electron chi connectivity index (χ3n) is 3.52. The van der Waals surface area contributed by atoms with E-state index in [2.05, 4.69) is 25.6 Å². The zero-order chi connectivity index (χ0) is 15.7. The van der Waals surface area contributed by atoms with E-state index >= 15 is 0 Å². The number of benzene rings is 1. The molecule has 1 aromatic heterocycles. The van der Waals surface area contributed by atoms with Crippen LogP contribution in [0.4, 0.5) is 14.7 Å². The molecule has 1 N–H and O–H groups in total. The molecule has 0 spiro atoms. The largest absolute Gasteiger partial charge is 0.435 e. The van der Waals surface area contributed by atoms with Gasteiger partial charge in [-0.3, -0.25) is 10.1 Å². The molecule has 0 unspecified atom stereocenters. The summed E-state index contributed by atoms with van der Waals surface area (Å²) in [6.07, 6.45) is 0.701. The Morgan fingerprint density at radius 1 is 1.41 bits per heavy atom. The lowest BCUT2D eigenvalue weighted by atomic mass is 10.1. The zero-order valence-electron chi connectivity index (χ0n) is 11.6. The second kappa shape index (κ2) is 5.66. The molecule has 1 amide bonds. The van der Waals surface area contributed by atoms with E-state index in [0.717, 1.165) is 5.56 Å². The molecule has 7 nitrogen and oxygen atoms in total. The first-order chi connectivity index (χ1) is 10.5. The van der Waals surface area contributed by atoms with Gasteiger partial charge in [-0.25, -0.2) is 4.68 Å². The van der Waals surface area contributed by atoms with Crippen LogP contribution in [0.5, 0.6) is 5.75 Å². The smallest absolute Gasteiger partial charge is 0.387 e. The average molecular weight is 309 g/mol. The van der Waals surface area contributed by atoms with Crippen LogP contribution >= 0.6 is 0 Å². The van der Waals surface area contributed by atoms with Crippen LogP contribution in [0.2, 0.25) is 0 Å². The van der Waals surface area contributed by atoms with Crippen molar-refractivity contribution in [1.29, 1.82) is 0 Å². The normalized spacial score (nSPS) is 20.0. The second-order valence-corrected chi connectivity index (χ2v) is 5.01. The SMILES string of the molecule is Cn1nnnc1NC(=O)[C@@H]1C[C@H]1c1ccc(OC(F)F)cc1. The molecule has 1 saturated carbocycles. The van der Waals surface area contributed by atoms with Gasteiger partial charge in [-0.05, 0) is 40.5 Å². The number of hydrogen-bond acceptors (Lipinski definition) is 5. The lowest BCUT2D eigenvalue weighted by Gasteiger charge is -2.06. The number of carbonyl (C=O) groups is 1. The Hall–Kier alpha value is -2.58. The first-order valence-electron chi connectivity index (χ1n) is 6.62. The van der Waals surface area contributed by atoms with Gasteiger partial charge in [0.25, 0.3) is 0 Å². The molecule has 116 valence electrons. The Labute approximate surface area is 124 Å². The molecule has 2 aromatic rings. The number of anilines is 1. The van der Waals surface area contributed by atoms with Crippen molar-refractivity contribution in [3.8, 4) is 5.75 Å². The molecule has 0 saturated heterocycles. The maximum absolute atomic E-state index is 12.1. The van der Waals surface area contributed by atoms with Crippen molar-refractivity contribution >= 4 is 11.9 Å². The van der Waals surface area contributed by atoms with Crippen molar-refractivity contribution in [2.75, 3.05) is 5.32 Å². The molecule has 1 fully saturated rings. The molecular formula is C13H13F2N5O2. The monoisotopic (exact) mass is 309 g/mol. The van der Waals surface area contributed by atoms with E-state index < -0.39 is 6.61 Å². The predicted molar refractivity (Wildman–Crippen MR) is 71.3 cm³/mol. The molecule has 1 heterocycles. The summed E-state index contributed by atoms with van der Waals surface area (Å²) in [4.78, 5) is 12.1. The third kappa shape index (κ3) is 3.02. The second-order valence-electron chi connectivity index (χ2n) is 5.01. The number of aromatic nitrogens is 4. The Morgan fingerprint density at radius 2 is 2.14 bits per heavy atom. The Balaban J connectivity index is 1.59. The number of carbonyl (C=O) groups excluding carboxylic acids is 1. The minimum absolute atomic E-state index is 0.0711. The molecule has 1 aliphatic rings. The molecule has 0 bridgehead atoms. The van der Waals surface area contributed by atoms with Crippen LogP contribution in [0.3, 0.4) is 0 Å². The summed E-state index contributed by atoms with van der Waals surface area (Å²) in [7, 11) is 1.63. The van der Waals surface area contributed by atoms with E-state index in [9.17, 15) is 13.6 Å². The van der Waals surface area contributed by atoms with E-state index in [1.165, 1.54) is 16.8 Å². The molecule has 3 rings (SSSR count). The van der Waals surface area contributed by atoms with Gasteiger partial charge >= 0.3 is 6.61 Å². The zero-order valence-corrected chi connectivity index (χ0v) is 11.6. The van der Waals surface area contributed by atoms with Gasteiger partial charge in [0, 0.05) is 13.0 Å².